The highest BCUT2D eigenvalue weighted by Gasteiger charge is 2.46. The summed E-state index contributed by atoms with van der Waals surface area (Å²) < 4.78 is 21.0. The van der Waals surface area contributed by atoms with E-state index in [-0.39, 0.29) is 29.0 Å². The molecule has 0 aliphatic carbocycles. The van der Waals surface area contributed by atoms with E-state index in [9.17, 15) is 14.4 Å². The van der Waals surface area contributed by atoms with Crippen LogP contribution in [0.5, 0.6) is 23.0 Å². The van der Waals surface area contributed by atoms with Crippen molar-refractivity contribution in [2.24, 2.45) is 0 Å². The second-order valence-corrected chi connectivity index (χ2v) is 6.37. The van der Waals surface area contributed by atoms with Crippen molar-refractivity contribution in [2.45, 2.75) is 6.54 Å². The van der Waals surface area contributed by atoms with E-state index in [2.05, 4.69) is 0 Å². The lowest BCUT2D eigenvalue weighted by Gasteiger charge is -2.25. The highest BCUT2D eigenvalue weighted by atomic mass is 16.5. The summed E-state index contributed by atoms with van der Waals surface area (Å²) >= 11 is 0. The molecule has 0 radical (unpaired) electrons. The van der Waals surface area contributed by atoms with Crippen LogP contribution in [0.2, 0.25) is 0 Å². The lowest BCUT2D eigenvalue weighted by atomic mass is 10.1. The number of benzene rings is 2. The number of amides is 3. The average molecular weight is 398 g/mol. The zero-order valence-electron chi connectivity index (χ0n) is 16.3. The van der Waals surface area contributed by atoms with Crippen LogP contribution in [0.25, 0.3) is 0 Å². The minimum atomic E-state index is -0.613. The number of carbonyl (C=O) groups is 3. The summed E-state index contributed by atoms with van der Waals surface area (Å²) in [7, 11) is 5.76. The van der Waals surface area contributed by atoms with Crippen molar-refractivity contribution >= 4 is 17.7 Å². The minimum Gasteiger partial charge on any atom is -0.493 e. The molecule has 4 rings (SSSR count). The lowest BCUT2D eigenvalue weighted by molar-refractivity contribution is 0.00475. The van der Waals surface area contributed by atoms with Crippen LogP contribution in [-0.4, -0.2) is 56.2 Å². The molecule has 0 fully saturated rings. The molecule has 0 saturated carbocycles. The molecule has 2 aromatic rings. The van der Waals surface area contributed by atoms with E-state index in [4.69, 9.17) is 18.9 Å². The number of hydrazine groups is 1. The first-order valence-electron chi connectivity index (χ1n) is 8.67. The van der Waals surface area contributed by atoms with Gasteiger partial charge in [-0.3, -0.25) is 14.4 Å². The molecule has 3 amide bonds. The molecule has 0 atom stereocenters. The zero-order valence-corrected chi connectivity index (χ0v) is 16.3. The molecule has 2 aromatic carbocycles. The number of methoxy groups -OCH3 is 4. The second kappa shape index (κ2) is 6.69. The summed E-state index contributed by atoms with van der Waals surface area (Å²) in [5.41, 5.74) is 1.17. The molecule has 0 saturated heterocycles. The van der Waals surface area contributed by atoms with Crippen LogP contribution in [0.15, 0.2) is 24.3 Å². The van der Waals surface area contributed by atoms with E-state index >= 15 is 0 Å². The van der Waals surface area contributed by atoms with Crippen LogP contribution < -0.4 is 18.9 Å². The van der Waals surface area contributed by atoms with Gasteiger partial charge in [-0.05, 0) is 23.8 Å². The summed E-state index contributed by atoms with van der Waals surface area (Å²) in [4.78, 5) is 39.1. The molecule has 0 aromatic heterocycles. The Balaban J connectivity index is 1.76. The first-order valence-corrected chi connectivity index (χ1v) is 8.67. The molecule has 2 aliphatic rings. The fraction of sp³-hybridized carbons (Fsp3) is 0.250. The van der Waals surface area contributed by atoms with Gasteiger partial charge in [-0.1, -0.05) is 6.07 Å². The molecule has 0 bridgehead atoms. The van der Waals surface area contributed by atoms with Crippen LogP contribution in [0, 0.1) is 0 Å². The van der Waals surface area contributed by atoms with E-state index in [1.54, 1.807) is 12.1 Å². The van der Waals surface area contributed by atoms with Crippen LogP contribution in [-0.2, 0) is 6.54 Å². The average Bonchev–Trinajstić information content (AvgIpc) is 3.19. The van der Waals surface area contributed by atoms with Crippen molar-refractivity contribution in [2.75, 3.05) is 28.4 Å². The number of fused-ring (bicyclic) bond motifs is 2. The monoisotopic (exact) mass is 398 g/mol. The maximum atomic E-state index is 13.1. The van der Waals surface area contributed by atoms with Gasteiger partial charge >= 0.3 is 0 Å². The van der Waals surface area contributed by atoms with E-state index in [0.29, 0.717) is 22.8 Å². The molecule has 2 aliphatic heterocycles. The van der Waals surface area contributed by atoms with Gasteiger partial charge < -0.3 is 18.9 Å². The van der Waals surface area contributed by atoms with Crippen molar-refractivity contribution < 1.29 is 33.3 Å². The summed E-state index contributed by atoms with van der Waals surface area (Å²) in [6.07, 6.45) is 0. The number of hydrogen-bond donors (Lipinski definition) is 0. The first-order chi connectivity index (χ1) is 14.0. The van der Waals surface area contributed by atoms with E-state index < -0.39 is 17.7 Å². The Bertz CT molecular complexity index is 1020. The normalized spacial score (nSPS) is 14.8. The molecular formula is C20H18N2O7. The molecule has 150 valence electrons. The molecular weight excluding hydrogens is 380 g/mol. The van der Waals surface area contributed by atoms with Gasteiger partial charge in [-0.15, -0.1) is 0 Å². The van der Waals surface area contributed by atoms with Crippen LogP contribution in [0.1, 0.15) is 36.6 Å². The number of rotatable bonds is 5. The Morgan fingerprint density at radius 2 is 1.28 bits per heavy atom. The molecule has 0 spiro atoms. The smallest absolute Gasteiger partial charge is 0.280 e. The quantitative estimate of drug-likeness (QED) is 0.710. The molecule has 9 heteroatoms. The van der Waals surface area contributed by atoms with Crippen molar-refractivity contribution in [3.05, 3.63) is 46.5 Å². The predicted octanol–water partition coefficient (Wildman–Crippen LogP) is 1.89. The number of hydrogen-bond acceptors (Lipinski definition) is 7. The van der Waals surface area contributed by atoms with Crippen LogP contribution in [0.3, 0.4) is 0 Å². The molecule has 29 heavy (non-hydrogen) atoms. The van der Waals surface area contributed by atoms with Gasteiger partial charge in [0.15, 0.2) is 23.0 Å². The maximum Gasteiger partial charge on any atom is 0.280 e. The highest BCUT2D eigenvalue weighted by molar-refractivity contribution is 6.23. The fourth-order valence-corrected chi connectivity index (χ4v) is 3.63. The van der Waals surface area contributed by atoms with Crippen LogP contribution >= 0.6 is 0 Å². The van der Waals surface area contributed by atoms with Gasteiger partial charge in [0.05, 0.1) is 51.7 Å². The van der Waals surface area contributed by atoms with Crippen molar-refractivity contribution in [1.29, 1.82) is 0 Å². The van der Waals surface area contributed by atoms with Crippen LogP contribution in [0.4, 0.5) is 0 Å². The van der Waals surface area contributed by atoms with E-state index in [1.165, 1.54) is 40.6 Å². The Labute approximate surface area is 166 Å². The predicted molar refractivity (Wildman–Crippen MR) is 99.5 cm³/mol. The Morgan fingerprint density at radius 1 is 0.724 bits per heavy atom. The number of ether oxygens (including phenoxy) is 4. The lowest BCUT2D eigenvalue weighted by Crippen LogP contribution is -2.46. The first kappa shape index (κ1) is 18.6. The minimum absolute atomic E-state index is 0.0499. The maximum absolute atomic E-state index is 13.1. The molecule has 2 heterocycles. The zero-order chi connectivity index (χ0) is 20.9. The van der Waals surface area contributed by atoms with Gasteiger partial charge in [0.25, 0.3) is 17.7 Å². The number of nitrogens with zero attached hydrogens (tertiary/aromatic N) is 2. The molecule has 9 nitrogen and oxygen atoms in total. The molecule has 0 unspecified atom stereocenters. The summed E-state index contributed by atoms with van der Waals surface area (Å²) in [6.45, 7) is 0.0499. The van der Waals surface area contributed by atoms with Gasteiger partial charge in [0.2, 0.25) is 0 Å². The fourth-order valence-electron chi connectivity index (χ4n) is 3.63. The molecule has 0 N–H and O–H groups in total. The third-order valence-electron chi connectivity index (χ3n) is 5.01. The standard InChI is InChI=1S/C20H18N2O7/c1-26-13-6-5-10-9-21(20(25)16(10)17(13)29-4)22-18(23)11-7-14(27-2)15(28-3)8-12(11)19(22)24/h5-8H,9H2,1-4H3. The summed E-state index contributed by atoms with van der Waals surface area (Å²) in [6, 6.07) is 6.25. The topological polar surface area (TPSA) is 94.6 Å². The van der Waals surface area contributed by atoms with Gasteiger partial charge in [0.1, 0.15) is 0 Å². The van der Waals surface area contributed by atoms with E-state index in [1.807, 2.05) is 0 Å². The highest BCUT2D eigenvalue weighted by Crippen LogP contribution is 2.41. The van der Waals surface area contributed by atoms with Crippen molar-refractivity contribution in [1.82, 2.24) is 10.0 Å². The number of carbonyl (C=O) groups excluding carboxylic acids is 3. The van der Waals surface area contributed by atoms with E-state index in [0.717, 1.165) is 10.0 Å². The van der Waals surface area contributed by atoms with Gasteiger partial charge in [-0.2, -0.15) is 5.01 Å². The van der Waals surface area contributed by atoms with Crippen molar-refractivity contribution in [3.8, 4) is 23.0 Å². The SMILES string of the molecule is COc1cc2c(cc1OC)C(=O)N(N1Cc3ccc(OC)c(OC)c3C1=O)C2=O. The van der Waals surface area contributed by atoms with Crippen molar-refractivity contribution in [3.63, 3.8) is 0 Å². The van der Waals surface area contributed by atoms with Gasteiger partial charge in [0, 0.05) is 0 Å². The Morgan fingerprint density at radius 3 is 1.76 bits per heavy atom. The largest absolute Gasteiger partial charge is 0.493 e. The Hall–Kier alpha value is -3.75. The summed E-state index contributed by atoms with van der Waals surface area (Å²) in [5, 5.41) is 1.95. The third-order valence-corrected chi connectivity index (χ3v) is 5.01. The summed E-state index contributed by atoms with van der Waals surface area (Å²) in [5.74, 6) is -0.468. The number of imide groups is 1. The second-order valence-electron chi connectivity index (χ2n) is 6.37. The van der Waals surface area contributed by atoms with Gasteiger partial charge in [-0.25, -0.2) is 5.01 Å². The third kappa shape index (κ3) is 2.50. The Kier molecular flexibility index (Phi) is 4.30.